The predicted molar refractivity (Wildman–Crippen MR) is 44.6 cm³/mol. The third-order valence-electron chi connectivity index (χ3n) is 3.13. The van der Waals surface area contributed by atoms with Gasteiger partial charge in [0, 0.05) is 23.8 Å². The summed E-state index contributed by atoms with van der Waals surface area (Å²) in [5.74, 6) is -4.29. The Balaban J connectivity index is 0. The maximum Gasteiger partial charge on any atom is 1.00 e. The van der Waals surface area contributed by atoms with Gasteiger partial charge in [-0.2, -0.15) is 0 Å². The van der Waals surface area contributed by atoms with Gasteiger partial charge in [-0.25, -0.2) is 0 Å². The van der Waals surface area contributed by atoms with E-state index in [1.165, 1.54) is 0 Å². The van der Waals surface area contributed by atoms with Crippen LogP contribution < -0.4 is 69.3 Å². The zero-order valence-corrected chi connectivity index (χ0v) is 14.2. The topological polar surface area (TPSA) is 80.3 Å². The van der Waals surface area contributed by atoms with Crippen LogP contribution in [0.2, 0.25) is 0 Å². The first kappa shape index (κ1) is 19.3. The van der Waals surface area contributed by atoms with Crippen molar-refractivity contribution in [2.75, 3.05) is 0 Å². The first-order valence-electron chi connectivity index (χ1n) is 4.99. The number of hydrogen-bond acceptors (Lipinski definition) is 4. The minimum atomic E-state index is -1.25. The number of hydrogen-bond donors (Lipinski definition) is 0. The van der Waals surface area contributed by atoms with Gasteiger partial charge >= 0.3 is 59.1 Å². The van der Waals surface area contributed by atoms with Crippen LogP contribution in [0.3, 0.4) is 0 Å². The van der Waals surface area contributed by atoms with Crippen LogP contribution in [0.25, 0.3) is 0 Å². The van der Waals surface area contributed by atoms with Gasteiger partial charge in [-0.05, 0) is 18.8 Å². The molecule has 1 rings (SSSR count). The molecule has 0 saturated heterocycles. The van der Waals surface area contributed by atoms with Crippen LogP contribution in [0.15, 0.2) is 0 Å². The Morgan fingerprint density at radius 1 is 1.12 bits per heavy atom. The van der Waals surface area contributed by atoms with Crippen molar-refractivity contribution in [3.05, 3.63) is 0 Å². The van der Waals surface area contributed by atoms with Crippen molar-refractivity contribution in [3.63, 3.8) is 0 Å². The Bertz CT molecular complexity index is 245. The fraction of sp³-hybridized carbons (Fsp3) is 0.800. The molecule has 1 aliphatic carbocycles. The molecule has 0 amide bonds. The standard InChI is InChI=1S/C10H16O4.2Na/c1-2-6-4-3-5-7(9(11)12)8(6)10(13)14;;/h6-8H,2-5H2,1H3,(H,11,12)(H,13,14);;/q;2*+1/p-2. The molecule has 0 N–H and O–H groups in total. The number of carbonyl (C=O) groups excluding carboxylic acids is 2. The molecule has 1 saturated carbocycles. The second-order valence-corrected chi connectivity index (χ2v) is 3.87. The van der Waals surface area contributed by atoms with E-state index >= 15 is 0 Å². The van der Waals surface area contributed by atoms with Crippen molar-refractivity contribution < 1.29 is 78.9 Å². The van der Waals surface area contributed by atoms with Crippen LogP contribution in [0, 0.1) is 17.8 Å². The molecule has 1 fully saturated rings. The molecule has 16 heavy (non-hydrogen) atoms. The number of carboxylic acids is 2. The predicted octanol–water partition coefficient (Wildman–Crippen LogP) is -7.06. The Morgan fingerprint density at radius 2 is 1.69 bits per heavy atom. The van der Waals surface area contributed by atoms with E-state index in [0.29, 0.717) is 12.8 Å². The summed E-state index contributed by atoms with van der Waals surface area (Å²) >= 11 is 0. The van der Waals surface area contributed by atoms with Crippen molar-refractivity contribution in [1.82, 2.24) is 0 Å². The summed E-state index contributed by atoms with van der Waals surface area (Å²) in [7, 11) is 0. The quantitative estimate of drug-likeness (QED) is 0.462. The molecule has 0 radical (unpaired) electrons. The van der Waals surface area contributed by atoms with Crippen LogP contribution in [-0.4, -0.2) is 11.9 Å². The van der Waals surface area contributed by atoms with Crippen molar-refractivity contribution >= 4 is 11.9 Å². The first-order valence-corrected chi connectivity index (χ1v) is 4.99. The van der Waals surface area contributed by atoms with Crippen molar-refractivity contribution in [1.29, 1.82) is 0 Å². The van der Waals surface area contributed by atoms with Gasteiger partial charge in [0.05, 0.1) is 0 Å². The second-order valence-electron chi connectivity index (χ2n) is 3.87. The first-order chi connectivity index (χ1) is 6.57. The third-order valence-corrected chi connectivity index (χ3v) is 3.13. The molecular weight excluding hydrogens is 230 g/mol. The van der Waals surface area contributed by atoms with Gasteiger partial charge in [-0.15, -0.1) is 0 Å². The molecule has 0 aromatic heterocycles. The molecule has 0 heterocycles. The zero-order valence-electron chi connectivity index (χ0n) is 10.2. The molecule has 80 valence electrons. The summed E-state index contributed by atoms with van der Waals surface area (Å²) in [4.78, 5) is 21.6. The van der Waals surface area contributed by atoms with Crippen LogP contribution in [0.4, 0.5) is 0 Å². The van der Waals surface area contributed by atoms with E-state index in [-0.39, 0.29) is 65.0 Å². The van der Waals surface area contributed by atoms with Crippen molar-refractivity contribution in [2.24, 2.45) is 17.8 Å². The molecule has 6 heteroatoms. The Kier molecular flexibility index (Phi) is 10.8. The Labute approximate surface area is 140 Å². The SMILES string of the molecule is CCC1CCCC(C(=O)[O-])C1C(=O)[O-].[Na+].[Na+]. The fourth-order valence-electron chi connectivity index (χ4n) is 2.37. The summed E-state index contributed by atoms with van der Waals surface area (Å²) in [6.07, 6.45) is 2.62. The average molecular weight is 244 g/mol. The van der Waals surface area contributed by atoms with E-state index in [1.807, 2.05) is 6.92 Å². The molecular formula is C10H14Na2O4. The molecule has 3 unspecified atom stereocenters. The van der Waals surface area contributed by atoms with E-state index in [2.05, 4.69) is 0 Å². The molecule has 0 aromatic rings. The zero-order chi connectivity index (χ0) is 10.7. The van der Waals surface area contributed by atoms with E-state index in [4.69, 9.17) is 0 Å². The van der Waals surface area contributed by atoms with Crippen molar-refractivity contribution in [2.45, 2.75) is 32.6 Å². The summed E-state index contributed by atoms with van der Waals surface area (Å²) < 4.78 is 0. The maximum absolute atomic E-state index is 10.8. The van der Waals surface area contributed by atoms with E-state index in [0.717, 1.165) is 12.8 Å². The minimum Gasteiger partial charge on any atom is -0.550 e. The molecule has 0 aromatic carbocycles. The largest absolute Gasteiger partial charge is 1.00 e. The number of aliphatic carboxylic acids is 2. The van der Waals surface area contributed by atoms with Gasteiger partial charge in [0.25, 0.3) is 0 Å². The smallest absolute Gasteiger partial charge is 0.550 e. The van der Waals surface area contributed by atoms with Crippen LogP contribution in [0.5, 0.6) is 0 Å². The van der Waals surface area contributed by atoms with Crippen LogP contribution in [0.1, 0.15) is 32.6 Å². The average Bonchev–Trinajstić information content (AvgIpc) is 2.16. The normalized spacial score (nSPS) is 28.4. The Hall–Kier alpha value is 0.940. The summed E-state index contributed by atoms with van der Waals surface area (Å²) in [6, 6.07) is 0. The summed E-state index contributed by atoms with van der Waals surface area (Å²) in [5, 5.41) is 21.6. The summed E-state index contributed by atoms with van der Waals surface area (Å²) in [6.45, 7) is 1.87. The van der Waals surface area contributed by atoms with Gasteiger partial charge < -0.3 is 19.8 Å². The minimum absolute atomic E-state index is 0. The van der Waals surface area contributed by atoms with Gasteiger partial charge in [0.1, 0.15) is 0 Å². The summed E-state index contributed by atoms with van der Waals surface area (Å²) in [5.41, 5.74) is 0. The Morgan fingerprint density at radius 3 is 2.06 bits per heavy atom. The van der Waals surface area contributed by atoms with E-state index in [9.17, 15) is 19.8 Å². The maximum atomic E-state index is 10.8. The molecule has 0 bridgehead atoms. The molecule has 0 aliphatic heterocycles. The monoisotopic (exact) mass is 244 g/mol. The molecule has 3 atom stereocenters. The third kappa shape index (κ3) is 4.67. The van der Waals surface area contributed by atoms with Gasteiger partial charge in [-0.3, -0.25) is 0 Å². The molecule has 0 spiro atoms. The fourth-order valence-corrected chi connectivity index (χ4v) is 2.37. The van der Waals surface area contributed by atoms with Crippen LogP contribution >= 0.6 is 0 Å². The van der Waals surface area contributed by atoms with Gasteiger partial charge in [-0.1, -0.05) is 19.8 Å². The van der Waals surface area contributed by atoms with E-state index < -0.39 is 23.8 Å². The van der Waals surface area contributed by atoms with Crippen molar-refractivity contribution in [3.8, 4) is 0 Å². The van der Waals surface area contributed by atoms with E-state index in [1.54, 1.807) is 0 Å². The molecule has 4 nitrogen and oxygen atoms in total. The van der Waals surface area contributed by atoms with Crippen LogP contribution in [-0.2, 0) is 9.59 Å². The number of rotatable bonds is 3. The van der Waals surface area contributed by atoms with Gasteiger partial charge in [0.15, 0.2) is 0 Å². The number of carbonyl (C=O) groups is 2. The van der Waals surface area contributed by atoms with Gasteiger partial charge in [0.2, 0.25) is 0 Å². The molecule has 1 aliphatic rings. The number of carboxylic acid groups (broad SMARTS) is 2. The second kappa shape index (κ2) is 8.95.